The van der Waals surface area contributed by atoms with E-state index < -0.39 is 10.8 Å². The summed E-state index contributed by atoms with van der Waals surface area (Å²) >= 11 is 0. The highest BCUT2D eigenvalue weighted by Gasteiger charge is 2.59. The maximum atomic E-state index is 12.5. The molecule has 4 heteroatoms. The summed E-state index contributed by atoms with van der Waals surface area (Å²) < 4.78 is 10.4. The lowest BCUT2D eigenvalue weighted by Gasteiger charge is -2.38. The highest BCUT2D eigenvalue weighted by atomic mass is 16.5. The van der Waals surface area contributed by atoms with Gasteiger partial charge in [0.1, 0.15) is 6.61 Å². The van der Waals surface area contributed by atoms with Gasteiger partial charge in [0.2, 0.25) is 0 Å². The monoisotopic (exact) mass is 304 g/mol. The van der Waals surface area contributed by atoms with Crippen LogP contribution in [0.4, 0.5) is 0 Å². The summed E-state index contributed by atoms with van der Waals surface area (Å²) in [5.74, 6) is -0.780. The molecule has 2 rings (SSSR count). The minimum atomic E-state index is -0.655. The van der Waals surface area contributed by atoms with E-state index in [-0.39, 0.29) is 24.5 Å². The van der Waals surface area contributed by atoms with Crippen LogP contribution in [0, 0.1) is 16.7 Å². The van der Waals surface area contributed by atoms with Crippen molar-refractivity contribution in [3.63, 3.8) is 0 Å². The minimum Gasteiger partial charge on any atom is -0.469 e. The van der Waals surface area contributed by atoms with Crippen LogP contribution in [0.3, 0.4) is 0 Å². The molecular formula is C18H24O4. The van der Waals surface area contributed by atoms with E-state index in [0.717, 1.165) is 5.56 Å². The minimum absolute atomic E-state index is 0.235. The molecule has 0 bridgehead atoms. The first-order chi connectivity index (χ1) is 10.3. The first kappa shape index (κ1) is 16.5. The Bertz CT molecular complexity index is 549. The molecular weight excluding hydrogens is 280 g/mol. The number of esters is 2. The predicted octanol–water partition coefficient (Wildman–Crippen LogP) is 3.35. The predicted molar refractivity (Wildman–Crippen MR) is 82.9 cm³/mol. The summed E-state index contributed by atoms with van der Waals surface area (Å²) in [5, 5.41) is 0. The van der Waals surface area contributed by atoms with E-state index in [4.69, 9.17) is 9.47 Å². The first-order valence-electron chi connectivity index (χ1n) is 7.62. The van der Waals surface area contributed by atoms with Crippen molar-refractivity contribution in [1.82, 2.24) is 0 Å². The molecule has 1 fully saturated rings. The number of ether oxygens (including phenoxy) is 2. The Labute approximate surface area is 131 Å². The van der Waals surface area contributed by atoms with Gasteiger partial charge < -0.3 is 9.47 Å². The van der Waals surface area contributed by atoms with Crippen molar-refractivity contribution in [1.29, 1.82) is 0 Å². The number of hydrogen-bond donors (Lipinski definition) is 0. The zero-order valence-electron chi connectivity index (χ0n) is 13.7. The van der Waals surface area contributed by atoms with Crippen molar-refractivity contribution in [3.8, 4) is 0 Å². The number of carbonyl (C=O) groups is 2. The quantitative estimate of drug-likeness (QED) is 0.801. The molecule has 0 heterocycles. The standard InChI is InChI=1S/C18H24O4/c1-17(2)14(10-11-18(17,3)16(20)21-4)15(19)22-12-13-8-6-5-7-9-13/h5-9,14H,10-12H2,1-4H3. The van der Waals surface area contributed by atoms with Crippen LogP contribution in [0.2, 0.25) is 0 Å². The number of carbonyl (C=O) groups excluding carboxylic acids is 2. The summed E-state index contributed by atoms with van der Waals surface area (Å²) in [5.41, 5.74) is -0.186. The van der Waals surface area contributed by atoms with Crippen LogP contribution in [0.15, 0.2) is 30.3 Å². The van der Waals surface area contributed by atoms with Crippen LogP contribution in [0.25, 0.3) is 0 Å². The zero-order chi connectivity index (χ0) is 16.4. The van der Waals surface area contributed by atoms with Crippen LogP contribution in [0.5, 0.6) is 0 Å². The molecule has 0 aliphatic heterocycles. The van der Waals surface area contributed by atoms with Gasteiger partial charge in [0.05, 0.1) is 18.4 Å². The van der Waals surface area contributed by atoms with E-state index in [0.29, 0.717) is 12.8 Å². The Balaban J connectivity index is 2.06. The normalized spacial score (nSPS) is 26.5. The van der Waals surface area contributed by atoms with E-state index in [2.05, 4.69) is 0 Å². The Kier molecular flexibility index (Phi) is 4.59. The molecule has 120 valence electrons. The molecule has 0 radical (unpaired) electrons. The van der Waals surface area contributed by atoms with Crippen LogP contribution >= 0.6 is 0 Å². The summed E-state index contributed by atoms with van der Waals surface area (Å²) in [4.78, 5) is 24.6. The third-order valence-corrected chi connectivity index (χ3v) is 5.37. The fourth-order valence-corrected chi connectivity index (χ4v) is 3.33. The Morgan fingerprint density at radius 3 is 2.41 bits per heavy atom. The Morgan fingerprint density at radius 1 is 1.18 bits per heavy atom. The fraction of sp³-hybridized carbons (Fsp3) is 0.556. The van der Waals surface area contributed by atoms with Gasteiger partial charge >= 0.3 is 11.9 Å². The third-order valence-electron chi connectivity index (χ3n) is 5.37. The van der Waals surface area contributed by atoms with Crippen LogP contribution < -0.4 is 0 Å². The SMILES string of the molecule is COC(=O)C1(C)CCC(C(=O)OCc2ccccc2)C1(C)C. The van der Waals surface area contributed by atoms with Gasteiger partial charge in [-0.15, -0.1) is 0 Å². The molecule has 4 nitrogen and oxygen atoms in total. The maximum Gasteiger partial charge on any atom is 0.312 e. The summed E-state index contributed by atoms with van der Waals surface area (Å²) in [6, 6.07) is 9.60. The molecule has 0 spiro atoms. The van der Waals surface area contributed by atoms with E-state index >= 15 is 0 Å². The average molecular weight is 304 g/mol. The van der Waals surface area contributed by atoms with Crippen molar-refractivity contribution < 1.29 is 19.1 Å². The van der Waals surface area contributed by atoms with Crippen LogP contribution in [0.1, 0.15) is 39.2 Å². The lowest BCUT2D eigenvalue weighted by Crippen LogP contribution is -2.43. The second-order valence-corrected chi connectivity index (χ2v) is 6.73. The smallest absolute Gasteiger partial charge is 0.312 e. The van der Waals surface area contributed by atoms with Gasteiger partial charge in [0, 0.05) is 0 Å². The van der Waals surface area contributed by atoms with Gasteiger partial charge in [-0.1, -0.05) is 44.2 Å². The molecule has 1 aliphatic rings. The van der Waals surface area contributed by atoms with Crippen LogP contribution in [-0.2, 0) is 25.7 Å². The summed E-state index contributed by atoms with van der Waals surface area (Å²) in [7, 11) is 1.39. The van der Waals surface area contributed by atoms with Crippen molar-refractivity contribution in [2.24, 2.45) is 16.7 Å². The molecule has 1 aliphatic carbocycles. The fourth-order valence-electron chi connectivity index (χ4n) is 3.33. The molecule has 0 amide bonds. The largest absolute Gasteiger partial charge is 0.469 e. The van der Waals surface area contributed by atoms with Gasteiger partial charge in [-0.2, -0.15) is 0 Å². The number of benzene rings is 1. The lowest BCUT2D eigenvalue weighted by molar-refractivity contribution is -0.163. The second-order valence-electron chi connectivity index (χ2n) is 6.73. The Hall–Kier alpha value is -1.84. The van der Waals surface area contributed by atoms with Gasteiger partial charge in [-0.05, 0) is 30.7 Å². The van der Waals surface area contributed by atoms with Crippen molar-refractivity contribution >= 4 is 11.9 Å². The van der Waals surface area contributed by atoms with Crippen molar-refractivity contribution in [2.45, 2.75) is 40.2 Å². The third kappa shape index (κ3) is 2.74. The van der Waals surface area contributed by atoms with E-state index in [1.165, 1.54) is 7.11 Å². The Morgan fingerprint density at radius 2 is 1.82 bits per heavy atom. The van der Waals surface area contributed by atoms with Gasteiger partial charge in [-0.3, -0.25) is 9.59 Å². The lowest BCUT2D eigenvalue weighted by atomic mass is 9.65. The van der Waals surface area contributed by atoms with Gasteiger partial charge in [0.25, 0.3) is 0 Å². The molecule has 1 aromatic rings. The number of rotatable bonds is 4. The van der Waals surface area contributed by atoms with Crippen LogP contribution in [-0.4, -0.2) is 19.0 Å². The molecule has 2 atom stereocenters. The van der Waals surface area contributed by atoms with Gasteiger partial charge in [-0.25, -0.2) is 0 Å². The van der Waals surface area contributed by atoms with Gasteiger partial charge in [0.15, 0.2) is 0 Å². The second kappa shape index (κ2) is 6.11. The van der Waals surface area contributed by atoms with E-state index in [1.54, 1.807) is 0 Å². The molecule has 1 saturated carbocycles. The molecule has 0 N–H and O–H groups in total. The van der Waals surface area contributed by atoms with E-state index in [1.807, 2.05) is 51.1 Å². The number of methoxy groups -OCH3 is 1. The average Bonchev–Trinajstić information content (AvgIpc) is 2.76. The highest BCUT2D eigenvalue weighted by Crippen LogP contribution is 2.56. The molecule has 2 unspecified atom stereocenters. The molecule has 22 heavy (non-hydrogen) atoms. The molecule has 1 aromatic carbocycles. The van der Waals surface area contributed by atoms with Crippen molar-refractivity contribution in [3.05, 3.63) is 35.9 Å². The molecule has 0 saturated heterocycles. The number of hydrogen-bond acceptors (Lipinski definition) is 4. The zero-order valence-corrected chi connectivity index (χ0v) is 13.7. The highest BCUT2D eigenvalue weighted by molar-refractivity contribution is 5.82. The molecule has 0 aromatic heterocycles. The van der Waals surface area contributed by atoms with Crippen molar-refractivity contribution in [2.75, 3.05) is 7.11 Å². The first-order valence-corrected chi connectivity index (χ1v) is 7.62. The maximum absolute atomic E-state index is 12.5. The summed E-state index contributed by atoms with van der Waals surface area (Å²) in [6.07, 6.45) is 1.28. The topological polar surface area (TPSA) is 52.6 Å². The summed E-state index contributed by atoms with van der Waals surface area (Å²) in [6.45, 7) is 6.04. The van der Waals surface area contributed by atoms with E-state index in [9.17, 15) is 9.59 Å².